The maximum atomic E-state index is 2.79. The monoisotopic (exact) mass is 290 g/mol. The van der Waals surface area contributed by atoms with Gasteiger partial charge in [-0.25, -0.2) is 0 Å². The van der Waals surface area contributed by atoms with Gasteiger partial charge in [-0.3, -0.25) is 0 Å². The van der Waals surface area contributed by atoms with Crippen LogP contribution < -0.4 is 0 Å². The molecule has 0 aromatic carbocycles. The number of rotatable bonds is 6. The fraction of sp³-hybridized carbons (Fsp3) is 1.00. The lowest BCUT2D eigenvalue weighted by atomic mass is 9.46. The highest BCUT2D eigenvalue weighted by Crippen LogP contribution is 2.32. The van der Waals surface area contributed by atoms with Gasteiger partial charge in [0.2, 0.25) is 13.7 Å². The van der Waals surface area contributed by atoms with Gasteiger partial charge in [-0.05, 0) is 57.2 Å². The average molecular weight is 290 g/mol. The Hall–Kier alpha value is 0.0499. The zero-order valence-corrected chi connectivity index (χ0v) is 15.0. The predicted molar refractivity (Wildman–Crippen MR) is 97.5 cm³/mol. The fourth-order valence-corrected chi connectivity index (χ4v) is 4.64. The molecule has 2 heterocycles. The van der Waals surface area contributed by atoms with E-state index in [-0.39, 0.29) is 0 Å². The molecule has 2 fully saturated rings. The van der Waals surface area contributed by atoms with Gasteiger partial charge in [0, 0.05) is 0 Å². The largest absolute Gasteiger partial charge is 0.342 e. The lowest BCUT2D eigenvalue weighted by molar-refractivity contribution is 0.282. The van der Waals surface area contributed by atoms with Crippen molar-refractivity contribution in [1.29, 1.82) is 0 Å². The number of hydrogen-bond donors (Lipinski definition) is 0. The molecule has 2 rings (SSSR count). The molecule has 2 aliphatic rings. The Kier molecular flexibility index (Phi) is 7.15. The van der Waals surface area contributed by atoms with E-state index in [1.54, 1.807) is 0 Å². The lowest BCUT2D eigenvalue weighted by Gasteiger charge is -2.42. The van der Waals surface area contributed by atoms with Crippen LogP contribution in [0.1, 0.15) is 58.8 Å². The van der Waals surface area contributed by atoms with Crippen molar-refractivity contribution in [1.82, 2.24) is 9.62 Å². The van der Waals surface area contributed by atoms with Gasteiger partial charge in [-0.15, -0.1) is 0 Å². The van der Waals surface area contributed by atoms with Crippen LogP contribution in [0.5, 0.6) is 0 Å². The summed E-state index contributed by atoms with van der Waals surface area (Å²) in [6.45, 7) is 15.3. The number of hydrogen-bond acceptors (Lipinski definition) is 2. The van der Waals surface area contributed by atoms with Gasteiger partial charge in [-0.1, -0.05) is 53.1 Å². The highest BCUT2D eigenvalue weighted by atomic mass is 15.1. The Morgan fingerprint density at radius 3 is 2.67 bits per heavy atom. The minimum absolute atomic E-state index is 0.777. The van der Waals surface area contributed by atoms with Crippen molar-refractivity contribution in [3.63, 3.8) is 0 Å². The number of nitrogens with zero attached hydrogens (tertiary/aromatic N) is 2. The summed E-state index contributed by atoms with van der Waals surface area (Å²) >= 11 is 0. The molecule has 0 bridgehead atoms. The predicted octanol–water partition coefficient (Wildman–Crippen LogP) is 4.37. The summed E-state index contributed by atoms with van der Waals surface area (Å²) in [7, 11) is 0. The van der Waals surface area contributed by atoms with Crippen LogP contribution in [0.15, 0.2) is 0 Å². The van der Waals surface area contributed by atoms with E-state index in [9.17, 15) is 0 Å². The molecule has 0 aliphatic carbocycles. The third-order valence-corrected chi connectivity index (χ3v) is 6.14. The molecular weight excluding hydrogens is 254 g/mol. The molecule has 0 aromatic rings. The van der Waals surface area contributed by atoms with Gasteiger partial charge in [0.25, 0.3) is 0 Å². The summed E-state index contributed by atoms with van der Waals surface area (Å²) in [4.78, 5) is 5.56. The summed E-state index contributed by atoms with van der Waals surface area (Å²) in [5.74, 6) is 0.916. The molecule has 2 aliphatic heterocycles. The van der Waals surface area contributed by atoms with Gasteiger partial charge in [-0.2, -0.15) is 0 Å². The third kappa shape index (κ3) is 4.76. The zero-order chi connectivity index (χ0) is 15.2. The highest BCUT2D eigenvalue weighted by Gasteiger charge is 2.34. The van der Waals surface area contributed by atoms with E-state index in [1.807, 2.05) is 0 Å². The molecule has 21 heavy (non-hydrogen) atoms. The first kappa shape index (κ1) is 17.4. The molecule has 2 saturated heterocycles. The molecular formula is C17H36B2N2. The highest BCUT2D eigenvalue weighted by molar-refractivity contribution is 6.56. The van der Waals surface area contributed by atoms with E-state index >= 15 is 0 Å². The van der Waals surface area contributed by atoms with Gasteiger partial charge < -0.3 is 9.62 Å². The van der Waals surface area contributed by atoms with E-state index in [4.69, 9.17) is 0 Å². The van der Waals surface area contributed by atoms with Crippen LogP contribution >= 0.6 is 0 Å². The minimum atomic E-state index is 0.777. The smallest absolute Gasteiger partial charge is 0.223 e. The maximum Gasteiger partial charge on any atom is 0.223 e. The van der Waals surface area contributed by atoms with Crippen molar-refractivity contribution < 1.29 is 0 Å². The van der Waals surface area contributed by atoms with Gasteiger partial charge in [0.1, 0.15) is 0 Å². The summed E-state index contributed by atoms with van der Waals surface area (Å²) < 4.78 is 0. The summed E-state index contributed by atoms with van der Waals surface area (Å²) in [5, 5.41) is 0. The Labute approximate surface area is 134 Å². The van der Waals surface area contributed by atoms with Gasteiger partial charge >= 0.3 is 0 Å². The minimum Gasteiger partial charge on any atom is -0.342 e. The van der Waals surface area contributed by atoms with E-state index < -0.39 is 0 Å². The number of unbranched alkanes of at least 4 members (excludes halogenated alkanes) is 1. The van der Waals surface area contributed by atoms with Crippen molar-refractivity contribution in [2.75, 3.05) is 19.6 Å². The SMILES string of the molecule is CCCCN1CCCC(CC(C)N2CCCCB2C)B1C. The van der Waals surface area contributed by atoms with Crippen LogP contribution in [0, 0.1) is 0 Å². The topological polar surface area (TPSA) is 6.48 Å². The molecule has 0 radical (unpaired) electrons. The third-order valence-electron chi connectivity index (χ3n) is 6.14. The van der Waals surface area contributed by atoms with Crippen molar-refractivity contribution in [3.05, 3.63) is 0 Å². The van der Waals surface area contributed by atoms with Crippen molar-refractivity contribution in [2.24, 2.45) is 0 Å². The van der Waals surface area contributed by atoms with Crippen LogP contribution in [-0.4, -0.2) is 49.0 Å². The van der Waals surface area contributed by atoms with Crippen LogP contribution in [0.2, 0.25) is 25.8 Å². The first-order chi connectivity index (χ1) is 10.1. The second kappa shape index (κ2) is 8.62. The van der Waals surface area contributed by atoms with Crippen molar-refractivity contribution in [3.8, 4) is 0 Å². The summed E-state index contributed by atoms with van der Waals surface area (Å²) in [6.07, 6.45) is 11.2. The normalized spacial score (nSPS) is 27.1. The van der Waals surface area contributed by atoms with Crippen LogP contribution in [0.4, 0.5) is 0 Å². The molecule has 0 N–H and O–H groups in total. The Balaban J connectivity index is 1.85. The van der Waals surface area contributed by atoms with Crippen LogP contribution in [-0.2, 0) is 0 Å². The first-order valence-electron chi connectivity index (χ1n) is 9.63. The fourth-order valence-electron chi connectivity index (χ4n) is 4.64. The standard InChI is InChI=1S/C17H36B2N2/c1-5-6-12-20-13-9-10-17(19(20)4)15-16(2)21-14-8-7-11-18(21)3/h16-17H,5-15H2,1-4H3. The lowest BCUT2D eigenvalue weighted by Crippen LogP contribution is -2.50. The molecule has 120 valence electrons. The average Bonchev–Trinajstić information content (AvgIpc) is 2.48. The molecule has 0 amide bonds. The summed E-state index contributed by atoms with van der Waals surface area (Å²) in [6, 6.07) is 0.777. The van der Waals surface area contributed by atoms with Crippen molar-refractivity contribution in [2.45, 2.75) is 90.6 Å². The van der Waals surface area contributed by atoms with Crippen LogP contribution in [0.3, 0.4) is 0 Å². The first-order valence-corrected chi connectivity index (χ1v) is 9.63. The van der Waals surface area contributed by atoms with Crippen molar-refractivity contribution >= 4 is 13.7 Å². The second-order valence-corrected chi connectivity index (χ2v) is 7.70. The van der Waals surface area contributed by atoms with Crippen LogP contribution in [0.25, 0.3) is 0 Å². The zero-order valence-electron chi connectivity index (χ0n) is 15.0. The molecule has 2 unspecified atom stereocenters. The molecule has 0 spiro atoms. The Morgan fingerprint density at radius 2 is 1.95 bits per heavy atom. The molecule has 0 saturated carbocycles. The van der Waals surface area contributed by atoms with E-state index in [0.717, 1.165) is 25.6 Å². The second-order valence-electron chi connectivity index (χ2n) is 7.70. The van der Waals surface area contributed by atoms with E-state index in [0.29, 0.717) is 0 Å². The van der Waals surface area contributed by atoms with Gasteiger partial charge in [0.15, 0.2) is 0 Å². The van der Waals surface area contributed by atoms with Gasteiger partial charge in [0.05, 0.1) is 0 Å². The Morgan fingerprint density at radius 1 is 1.14 bits per heavy atom. The van der Waals surface area contributed by atoms with E-state index in [1.165, 1.54) is 70.9 Å². The summed E-state index contributed by atoms with van der Waals surface area (Å²) in [5.41, 5.74) is 0. The molecule has 2 atom stereocenters. The molecule has 2 nitrogen and oxygen atoms in total. The quantitative estimate of drug-likeness (QED) is 0.670. The van der Waals surface area contributed by atoms with E-state index in [2.05, 4.69) is 37.1 Å². The maximum absolute atomic E-state index is 2.79. The molecule has 4 heteroatoms. The Bertz CT molecular complexity index is 301. The molecule has 0 aromatic heterocycles.